The van der Waals surface area contributed by atoms with Crippen molar-refractivity contribution in [2.45, 2.75) is 201 Å². The van der Waals surface area contributed by atoms with Crippen LogP contribution in [0.2, 0.25) is 0 Å². The van der Waals surface area contributed by atoms with Gasteiger partial charge in [-0.05, 0) is 33.1 Å². The van der Waals surface area contributed by atoms with Gasteiger partial charge in [0.05, 0.1) is 112 Å². The summed E-state index contributed by atoms with van der Waals surface area (Å²) in [4.78, 5) is 28.6. The first-order valence-electron chi connectivity index (χ1n) is 28.0. The average molecular weight is 1160 g/mol. The van der Waals surface area contributed by atoms with Crippen LogP contribution in [0.4, 0.5) is 0 Å². The molecular weight excluding hydrogens is 1060 g/mol. The molecular formula is C57H90N2O22. The Morgan fingerprint density at radius 1 is 0.654 bits per heavy atom. The van der Waals surface area contributed by atoms with Crippen LogP contribution in [0.15, 0.2) is 85.1 Å². The molecule has 24 heteroatoms. The maximum Gasteiger partial charge on any atom is 0.308 e. The molecule has 5 rings (SSSR count). The number of rotatable bonds is 6. The highest BCUT2D eigenvalue weighted by molar-refractivity contribution is 5.80. The number of esters is 1. The first kappa shape index (κ1) is 68.1. The molecule has 0 aliphatic carbocycles. The molecule has 5 aliphatic heterocycles. The quantitative estimate of drug-likeness (QED) is 0.127. The van der Waals surface area contributed by atoms with Gasteiger partial charge in [-0.2, -0.15) is 0 Å². The molecule has 15 N–H and O–H groups in total. The predicted octanol–water partition coefficient (Wildman–Crippen LogP) is -2.08. The van der Waals surface area contributed by atoms with Gasteiger partial charge < -0.3 is 110 Å². The highest BCUT2D eigenvalue weighted by atomic mass is 16.7. The van der Waals surface area contributed by atoms with E-state index in [4.69, 9.17) is 28.4 Å². The second kappa shape index (κ2) is 32.6. The number of ether oxygens (including phenoxy) is 6. The molecule has 460 valence electrons. The van der Waals surface area contributed by atoms with Gasteiger partial charge in [-0.3, -0.25) is 9.59 Å². The first-order chi connectivity index (χ1) is 38.3. The van der Waals surface area contributed by atoms with E-state index in [1.807, 2.05) is 13.0 Å². The van der Waals surface area contributed by atoms with E-state index in [9.17, 15) is 81.1 Å². The SMILES string of the molecule is C[C@@H]1[C@H](O)[C@@H](C)C=CC=CC=CC=CC=CC=CC=C[C@H](OC2O[C@H](C)[C@@H](O)[C@H](NC[C@@]3(O)OC[C@@H](O)[C@H](O)[C@@H]3O)[C@@H]2O)CC2O[C@](O)(C[C@@H](O)C[C@@H](O)[C@H](O)CC[C@@H](O)C[C@@H](O)CC(=O)O[C@H]1C)C[C@H](O)C2C(=O)N1CCOCC1. The van der Waals surface area contributed by atoms with Crippen LogP contribution in [-0.2, 0) is 38.0 Å². The van der Waals surface area contributed by atoms with Crippen LogP contribution in [0, 0.1) is 17.8 Å². The second-order valence-electron chi connectivity index (χ2n) is 22.2. The molecule has 4 saturated heterocycles. The van der Waals surface area contributed by atoms with Crippen LogP contribution in [0.25, 0.3) is 0 Å². The highest BCUT2D eigenvalue weighted by Crippen LogP contribution is 2.39. The number of cyclic esters (lactones) is 1. The van der Waals surface area contributed by atoms with Crippen LogP contribution in [0.3, 0.4) is 0 Å². The van der Waals surface area contributed by atoms with E-state index in [-0.39, 0.29) is 57.9 Å². The number of carbonyl (C=O) groups excluding carboxylic acids is 2. The van der Waals surface area contributed by atoms with Crippen LogP contribution >= 0.6 is 0 Å². The molecule has 5 heterocycles. The molecule has 2 bridgehead atoms. The molecule has 4 fully saturated rings. The zero-order chi connectivity index (χ0) is 59.6. The highest BCUT2D eigenvalue weighted by Gasteiger charge is 2.53. The number of carbonyl (C=O) groups is 2. The molecule has 0 aromatic heterocycles. The van der Waals surface area contributed by atoms with E-state index in [0.717, 1.165) is 0 Å². The van der Waals surface area contributed by atoms with E-state index in [2.05, 4.69) is 5.32 Å². The number of morpholine rings is 1. The third kappa shape index (κ3) is 20.5. The number of allylic oxidation sites excluding steroid dienone is 12. The molecule has 0 spiro atoms. The van der Waals surface area contributed by atoms with E-state index in [0.29, 0.717) is 0 Å². The number of amides is 1. The molecule has 0 saturated carbocycles. The minimum absolute atomic E-state index is 0.129. The van der Waals surface area contributed by atoms with Crippen molar-refractivity contribution in [3.8, 4) is 0 Å². The van der Waals surface area contributed by atoms with Gasteiger partial charge >= 0.3 is 5.97 Å². The zero-order valence-electron chi connectivity index (χ0n) is 46.6. The summed E-state index contributed by atoms with van der Waals surface area (Å²) in [6, 6.07) is -1.34. The summed E-state index contributed by atoms with van der Waals surface area (Å²) in [5, 5.41) is 157. The maximum atomic E-state index is 14.4. The van der Waals surface area contributed by atoms with Crippen molar-refractivity contribution in [3.63, 3.8) is 0 Å². The van der Waals surface area contributed by atoms with Gasteiger partial charge in [0.25, 0.3) is 0 Å². The lowest BCUT2D eigenvalue weighted by Gasteiger charge is -2.47. The largest absolute Gasteiger partial charge is 0.462 e. The Bertz CT molecular complexity index is 2140. The summed E-state index contributed by atoms with van der Waals surface area (Å²) in [6.07, 6.45) is -2.91. The second-order valence-corrected chi connectivity index (χ2v) is 22.2. The molecule has 23 atom stereocenters. The van der Waals surface area contributed by atoms with Crippen LogP contribution in [0.5, 0.6) is 0 Å². The Morgan fingerprint density at radius 2 is 1.26 bits per heavy atom. The Labute approximate surface area is 473 Å². The van der Waals surface area contributed by atoms with Crippen LogP contribution in [0.1, 0.15) is 79.1 Å². The molecule has 81 heavy (non-hydrogen) atoms. The van der Waals surface area contributed by atoms with E-state index >= 15 is 0 Å². The van der Waals surface area contributed by atoms with E-state index < -0.39 is 184 Å². The Hall–Kier alpha value is -3.68. The van der Waals surface area contributed by atoms with Gasteiger partial charge in [0.2, 0.25) is 11.7 Å². The molecule has 0 aromatic rings. The average Bonchev–Trinajstić information content (AvgIpc) is 3.62. The number of aliphatic hydroxyl groups excluding tert-OH is 12. The minimum Gasteiger partial charge on any atom is -0.462 e. The van der Waals surface area contributed by atoms with Gasteiger partial charge in [0.15, 0.2) is 12.1 Å². The monoisotopic (exact) mass is 1150 g/mol. The topological polar surface area (TPSA) is 388 Å². The Morgan fingerprint density at radius 3 is 1.89 bits per heavy atom. The number of fused-ring (bicyclic) bond motifs is 2. The molecule has 0 aromatic carbocycles. The third-order valence-corrected chi connectivity index (χ3v) is 15.6. The van der Waals surface area contributed by atoms with E-state index in [1.54, 1.807) is 86.8 Å². The van der Waals surface area contributed by atoms with Crippen molar-refractivity contribution in [2.24, 2.45) is 17.8 Å². The van der Waals surface area contributed by atoms with Crippen molar-refractivity contribution in [2.75, 3.05) is 39.5 Å². The van der Waals surface area contributed by atoms with Crippen LogP contribution < -0.4 is 5.32 Å². The van der Waals surface area contributed by atoms with Crippen molar-refractivity contribution in [1.29, 1.82) is 0 Å². The molecule has 0 radical (unpaired) electrons. The van der Waals surface area contributed by atoms with Crippen molar-refractivity contribution < 1.29 is 110 Å². The summed E-state index contributed by atoms with van der Waals surface area (Å²) in [6.45, 7) is 6.27. The fourth-order valence-electron chi connectivity index (χ4n) is 10.5. The third-order valence-electron chi connectivity index (χ3n) is 15.6. The zero-order valence-corrected chi connectivity index (χ0v) is 46.6. The van der Waals surface area contributed by atoms with Gasteiger partial charge in [-0.1, -0.05) is 98.9 Å². The summed E-state index contributed by atoms with van der Waals surface area (Å²) in [5.74, 6) is -8.22. The normalized spacial score (nSPS) is 43.0. The van der Waals surface area contributed by atoms with Crippen molar-refractivity contribution in [1.82, 2.24) is 10.2 Å². The van der Waals surface area contributed by atoms with Crippen molar-refractivity contribution >= 4 is 11.9 Å². The van der Waals surface area contributed by atoms with Gasteiger partial charge in [0.1, 0.15) is 30.5 Å². The lowest BCUT2D eigenvalue weighted by Crippen LogP contribution is -2.69. The van der Waals surface area contributed by atoms with E-state index in [1.165, 1.54) is 17.9 Å². The summed E-state index contributed by atoms with van der Waals surface area (Å²) in [7, 11) is 0. The Kier molecular flexibility index (Phi) is 27.4. The predicted molar refractivity (Wildman–Crippen MR) is 289 cm³/mol. The smallest absolute Gasteiger partial charge is 0.308 e. The Balaban J connectivity index is 1.42. The number of hydrogen-bond acceptors (Lipinski definition) is 23. The number of hydrogen-bond donors (Lipinski definition) is 15. The fourth-order valence-corrected chi connectivity index (χ4v) is 10.5. The maximum absolute atomic E-state index is 14.4. The van der Waals surface area contributed by atoms with Crippen molar-refractivity contribution in [3.05, 3.63) is 85.1 Å². The lowest BCUT2D eigenvalue weighted by molar-refractivity contribution is -0.323. The summed E-state index contributed by atoms with van der Waals surface area (Å²) in [5.41, 5.74) is 0. The van der Waals surface area contributed by atoms with Gasteiger partial charge in [-0.15, -0.1) is 0 Å². The summed E-state index contributed by atoms with van der Waals surface area (Å²) < 4.78 is 34.9. The molecule has 3 unspecified atom stereocenters. The molecule has 24 nitrogen and oxygen atoms in total. The summed E-state index contributed by atoms with van der Waals surface area (Å²) >= 11 is 0. The minimum atomic E-state index is -2.46. The first-order valence-corrected chi connectivity index (χ1v) is 28.0. The standard InChI is InChI=1S/C57H90N2O22/c1-33-17-15-13-11-9-7-5-6-8-10-12-14-16-18-40(80-55-52(71)48(50(69)36(4)79-55)58-32-57(75)53(72)51(70)44(66)31-77-57)28-45-47(54(73)59-21-23-76-24-22-59)43(65)30-56(74,81-45)29-39(62)26-42(64)41(63)20-19-37(60)25-38(61)27-46(67)78-35(3)34(2)49(33)68/h5-18,33-45,47-53,55,58,60-66,68-72,74-75H,19-32H2,1-4H3/t33-,34-,35-,36+,37+,38+,39-,40-,41+,42+,43-,44+,45?,47?,48-,49+,50+,51-,52-,53-,55?,56+,57+/m0/s1. The molecule has 1 amide bonds. The number of nitrogens with one attached hydrogen (secondary N) is 1. The fraction of sp³-hybridized carbons (Fsp3) is 0.719. The number of nitrogens with zero attached hydrogens (tertiary/aromatic N) is 1. The van der Waals surface area contributed by atoms with Crippen LogP contribution in [-0.4, -0.2) is 249 Å². The molecule has 5 aliphatic rings. The van der Waals surface area contributed by atoms with Gasteiger partial charge in [0, 0.05) is 50.6 Å². The number of aliphatic hydroxyl groups is 14. The van der Waals surface area contributed by atoms with Gasteiger partial charge in [-0.25, -0.2) is 0 Å². The lowest BCUT2D eigenvalue weighted by atomic mass is 9.81.